The van der Waals surface area contributed by atoms with Crippen molar-refractivity contribution in [2.24, 2.45) is 15.4 Å². The van der Waals surface area contributed by atoms with Crippen LogP contribution in [-0.2, 0) is 58.2 Å². The van der Waals surface area contributed by atoms with Crippen molar-refractivity contribution in [3.8, 4) is 0 Å². The van der Waals surface area contributed by atoms with E-state index in [4.69, 9.17) is 5.14 Å². The van der Waals surface area contributed by atoms with E-state index < -0.39 is 90.5 Å². The van der Waals surface area contributed by atoms with Gasteiger partial charge in [0, 0.05) is 7.05 Å². The summed E-state index contributed by atoms with van der Waals surface area (Å²) in [5.74, 6) is -0.154. The summed E-state index contributed by atoms with van der Waals surface area (Å²) < 4.78 is 195. The highest BCUT2D eigenvalue weighted by Crippen LogP contribution is 2.40. The van der Waals surface area contributed by atoms with E-state index in [1.807, 2.05) is 0 Å². The van der Waals surface area contributed by atoms with Crippen LogP contribution in [-0.4, -0.2) is 55.2 Å². The van der Waals surface area contributed by atoms with E-state index in [0.717, 1.165) is 7.05 Å². The zero-order chi connectivity index (χ0) is 38.1. The molecule has 0 atom stereocenters. The van der Waals surface area contributed by atoms with Crippen molar-refractivity contribution in [1.29, 1.82) is 0 Å². The summed E-state index contributed by atoms with van der Waals surface area (Å²) in [5, 5.41) is 15.7. The second kappa shape index (κ2) is 15.4. The van der Waals surface area contributed by atoms with Crippen molar-refractivity contribution in [2.45, 2.75) is 37.8 Å². The molecule has 50 heavy (non-hydrogen) atoms. The average molecular weight is 806 g/mol. The van der Waals surface area contributed by atoms with E-state index in [-0.39, 0.29) is 48.3 Å². The predicted octanol–water partition coefficient (Wildman–Crippen LogP) is 4.13. The number of nitrogens with one attached hydrogen (secondary N) is 3. The summed E-state index contributed by atoms with van der Waals surface area (Å²) in [6.45, 7) is -0.417. The normalized spacial score (nSPS) is 13.1. The average Bonchev–Trinajstić information content (AvgIpc) is 3.47. The van der Waals surface area contributed by atoms with Gasteiger partial charge in [-0.25, -0.2) is 25.4 Å². The van der Waals surface area contributed by atoms with Crippen LogP contribution in [0.2, 0.25) is 0 Å². The van der Waals surface area contributed by atoms with E-state index in [1.165, 1.54) is 0 Å². The Hall–Kier alpha value is -3.47. The first-order valence-corrected chi connectivity index (χ1v) is 15.5. The lowest BCUT2D eigenvalue weighted by atomic mass is 10.1. The lowest BCUT2D eigenvalue weighted by Crippen LogP contribution is -2.33. The molecule has 4 aromatic rings. The summed E-state index contributed by atoms with van der Waals surface area (Å²) >= 11 is 0. The Morgan fingerprint density at radius 2 is 1.02 bits per heavy atom. The van der Waals surface area contributed by atoms with Crippen LogP contribution >= 0.6 is 12.4 Å². The number of fused-ring (bicyclic) bond motifs is 2. The largest absolute Gasteiger partial charge is 0.418 e. The maximum Gasteiger partial charge on any atom is 0.418 e. The molecule has 13 nitrogen and oxygen atoms in total. The Morgan fingerprint density at radius 3 is 1.32 bits per heavy atom. The Kier molecular flexibility index (Phi) is 13.7. The van der Waals surface area contributed by atoms with E-state index >= 15 is 0 Å². The third kappa shape index (κ3) is 12.7. The Balaban J connectivity index is 0.000000438. The second-order valence-electron chi connectivity index (χ2n) is 9.62. The summed E-state index contributed by atoms with van der Waals surface area (Å²) in [5.41, 5.74) is -7.92. The van der Waals surface area contributed by atoms with Gasteiger partial charge in [-0.05, 0) is 31.3 Å². The first kappa shape index (κ1) is 44.6. The number of hydrogen-bond acceptors (Lipinski definition) is 7. The maximum absolute atomic E-state index is 13.0. The number of aromatic nitrogens is 4. The number of alkyl halides is 12. The van der Waals surface area contributed by atoms with Crippen LogP contribution in [0.5, 0.6) is 0 Å². The summed E-state index contributed by atoms with van der Waals surface area (Å²) in [6, 6.07) is 1.12. The van der Waals surface area contributed by atoms with E-state index in [2.05, 4.69) is 35.5 Å². The van der Waals surface area contributed by atoms with Crippen LogP contribution in [0.4, 0.5) is 52.7 Å². The lowest BCUT2D eigenvalue weighted by Gasteiger charge is -2.12. The van der Waals surface area contributed by atoms with Gasteiger partial charge in [0.25, 0.3) is 20.4 Å². The summed E-state index contributed by atoms with van der Waals surface area (Å²) in [6.07, 6.45) is -19.8. The van der Waals surface area contributed by atoms with E-state index in [1.54, 1.807) is 7.05 Å². The lowest BCUT2D eigenvalue weighted by molar-refractivity contribution is -0.143. The molecule has 0 aliphatic rings. The van der Waals surface area contributed by atoms with Gasteiger partial charge in [0.1, 0.15) is 22.7 Å². The van der Waals surface area contributed by atoms with Crippen molar-refractivity contribution in [1.82, 2.24) is 29.6 Å². The molecule has 0 aliphatic heterocycles. The van der Waals surface area contributed by atoms with E-state index in [9.17, 15) is 69.5 Å². The van der Waals surface area contributed by atoms with Crippen LogP contribution in [0, 0.1) is 0 Å². The number of aromatic amines is 2. The minimum atomic E-state index is -5.07. The first-order valence-electron chi connectivity index (χ1n) is 12.4. The predicted molar refractivity (Wildman–Crippen MR) is 154 cm³/mol. The van der Waals surface area contributed by atoms with Gasteiger partial charge >= 0.3 is 24.7 Å². The molecule has 2 heterocycles. The van der Waals surface area contributed by atoms with Gasteiger partial charge in [-0.15, -0.1) is 12.4 Å². The van der Waals surface area contributed by atoms with Crippen molar-refractivity contribution < 1.29 is 69.5 Å². The molecule has 0 fully saturated rings. The Morgan fingerprint density at radius 1 is 0.680 bits per heavy atom. The van der Waals surface area contributed by atoms with Crippen LogP contribution in [0.3, 0.4) is 0 Å². The Labute approximate surface area is 279 Å². The maximum atomic E-state index is 13.0. The fraction of sp³-hybridized carbons (Fsp3) is 0.364. The summed E-state index contributed by atoms with van der Waals surface area (Å²) in [7, 11) is -5.23. The standard InChI is InChI=1S/C11H10F6N4O2S.C11H9F6N3.ClH.H4N2O2S/c1-21(24(18,22)23)4-8-19-7-3-5(10(12,13)14)2-6(9(7)20-8)11(15,16)17;1-18-4-8-19-7-3-5(10(12,13)14)2-6(9(7)20-8)11(15,16)17;;1-5(2,3)4/h2-3H,4H2,1H3,(H,19,20)(H2,18,22,23);2-3,18H,4H2,1H3,(H,19,20);1H;(H4,1,2,3,4). The van der Waals surface area contributed by atoms with E-state index in [0.29, 0.717) is 16.4 Å². The van der Waals surface area contributed by atoms with Crippen molar-refractivity contribution in [3.05, 3.63) is 58.2 Å². The number of nitrogens with two attached hydrogens (primary N) is 3. The summed E-state index contributed by atoms with van der Waals surface area (Å²) in [4.78, 5) is 11.9. The zero-order valence-corrected chi connectivity index (χ0v) is 27.1. The third-order valence-corrected chi connectivity index (χ3v) is 6.69. The molecular formula is C22H24ClF12N9O4S2. The molecule has 0 amide bonds. The van der Waals surface area contributed by atoms with Gasteiger partial charge in [-0.1, -0.05) is 0 Å². The smallest absolute Gasteiger partial charge is 0.341 e. The number of imidazole rings is 2. The van der Waals surface area contributed by atoms with Crippen LogP contribution < -0.4 is 20.7 Å². The SMILES string of the molecule is CN(Cc1nc2c(C(F)(F)F)cc(C(F)(F)F)cc2[nH]1)S(N)(=O)=O.CNCc1nc2c(C(F)(F)F)cc(C(F)(F)F)cc2[nH]1.Cl.NS(N)(=O)=O. The topological polar surface area (TPSA) is 219 Å². The van der Waals surface area contributed by atoms with Crippen molar-refractivity contribution in [2.75, 3.05) is 14.1 Å². The van der Waals surface area contributed by atoms with Crippen LogP contribution in [0.15, 0.2) is 24.3 Å². The van der Waals surface area contributed by atoms with Gasteiger partial charge in [0.15, 0.2) is 0 Å². The molecule has 9 N–H and O–H groups in total. The quantitative estimate of drug-likeness (QED) is 0.162. The van der Waals surface area contributed by atoms with Gasteiger partial charge in [-0.2, -0.15) is 73.8 Å². The monoisotopic (exact) mass is 805 g/mol. The zero-order valence-electron chi connectivity index (χ0n) is 24.7. The molecule has 284 valence electrons. The number of H-pyrrole nitrogens is 2. The van der Waals surface area contributed by atoms with Crippen LogP contribution in [0.25, 0.3) is 22.1 Å². The van der Waals surface area contributed by atoms with Gasteiger partial charge < -0.3 is 15.3 Å². The Bertz CT molecular complexity index is 2000. The number of nitrogens with zero attached hydrogens (tertiary/aromatic N) is 3. The van der Waals surface area contributed by atoms with Crippen molar-refractivity contribution in [3.63, 3.8) is 0 Å². The van der Waals surface area contributed by atoms with Gasteiger partial charge in [0.05, 0.1) is 46.4 Å². The molecule has 2 aromatic carbocycles. The number of halogens is 13. The molecule has 0 bridgehead atoms. The first-order chi connectivity index (χ1) is 21.8. The molecule has 2 aromatic heterocycles. The van der Waals surface area contributed by atoms with Gasteiger partial charge in [-0.3, -0.25) is 0 Å². The number of benzene rings is 2. The minimum Gasteiger partial charge on any atom is -0.341 e. The molecule has 0 radical (unpaired) electrons. The third-order valence-electron chi connectivity index (χ3n) is 5.69. The molecular weight excluding hydrogens is 782 g/mol. The minimum absolute atomic E-state index is 0. The van der Waals surface area contributed by atoms with Gasteiger partial charge in [0.2, 0.25) is 0 Å². The molecule has 0 aliphatic carbocycles. The molecule has 0 spiro atoms. The van der Waals surface area contributed by atoms with Crippen molar-refractivity contribution >= 4 is 54.9 Å². The van der Waals surface area contributed by atoms with Crippen LogP contribution in [0.1, 0.15) is 33.9 Å². The molecule has 4 rings (SSSR count). The fourth-order valence-electron chi connectivity index (χ4n) is 3.72. The highest BCUT2D eigenvalue weighted by molar-refractivity contribution is 7.87. The second-order valence-corrected chi connectivity index (χ2v) is 12.4. The highest BCUT2D eigenvalue weighted by atomic mass is 35.5. The molecule has 0 unspecified atom stereocenters. The molecule has 0 saturated heterocycles. The highest BCUT2D eigenvalue weighted by Gasteiger charge is 2.40. The number of hydrogen-bond donors (Lipinski definition) is 6. The fourth-order valence-corrected chi connectivity index (χ4v) is 4.03. The number of rotatable bonds is 5. The molecule has 0 saturated carbocycles. The molecule has 28 heteroatoms.